The van der Waals surface area contributed by atoms with Crippen molar-refractivity contribution < 1.29 is 4.42 Å². The number of rotatable bonds is 4. The van der Waals surface area contributed by atoms with Gasteiger partial charge in [-0.2, -0.15) is 0 Å². The maximum absolute atomic E-state index is 6.25. The molecule has 0 unspecified atom stereocenters. The highest BCUT2D eigenvalue weighted by Crippen LogP contribution is 2.41. The smallest absolute Gasteiger partial charge is 0.160 e. The first-order valence-corrected chi connectivity index (χ1v) is 14.8. The van der Waals surface area contributed by atoms with Gasteiger partial charge < -0.3 is 8.98 Å². The predicted molar refractivity (Wildman–Crippen MR) is 180 cm³/mol. The highest BCUT2D eigenvalue weighted by Gasteiger charge is 2.18. The molecule has 44 heavy (non-hydrogen) atoms. The maximum Gasteiger partial charge on any atom is 0.160 e. The number of hydrogen-bond acceptors (Lipinski definition) is 3. The van der Waals surface area contributed by atoms with E-state index in [9.17, 15) is 0 Å². The molecule has 0 bridgehead atoms. The van der Waals surface area contributed by atoms with Gasteiger partial charge >= 0.3 is 0 Å². The van der Waals surface area contributed by atoms with E-state index >= 15 is 0 Å². The van der Waals surface area contributed by atoms with Crippen LogP contribution in [0.2, 0.25) is 0 Å². The number of benzene rings is 6. The van der Waals surface area contributed by atoms with Crippen molar-refractivity contribution in [3.63, 3.8) is 0 Å². The standard InChI is InChI=1S/C40H25N3O/c1-3-11-26(12-4-1)32-25-33(27-13-5-2-6-14-27)42-40(41-32)28-19-21-29(22-20-28)43-34-17-9-7-15-30(34)38-35(43)23-24-37-39(38)31-16-8-10-18-36(31)44-37/h1-25H. The molecule has 0 atom stereocenters. The summed E-state index contributed by atoms with van der Waals surface area (Å²) >= 11 is 0. The molecule has 0 amide bonds. The minimum Gasteiger partial charge on any atom is -0.456 e. The summed E-state index contributed by atoms with van der Waals surface area (Å²) in [5.41, 5.74) is 10.1. The Hall–Kier alpha value is -6.00. The molecule has 0 radical (unpaired) electrons. The topological polar surface area (TPSA) is 43.9 Å². The van der Waals surface area contributed by atoms with Crippen molar-refractivity contribution in [3.8, 4) is 39.6 Å². The molecule has 4 nitrogen and oxygen atoms in total. The Morgan fingerprint density at radius 3 is 1.75 bits per heavy atom. The van der Waals surface area contributed by atoms with Gasteiger partial charge in [0.05, 0.1) is 22.4 Å². The number of para-hydroxylation sites is 2. The second kappa shape index (κ2) is 9.79. The zero-order valence-corrected chi connectivity index (χ0v) is 23.7. The van der Waals surface area contributed by atoms with E-state index in [0.29, 0.717) is 5.82 Å². The van der Waals surface area contributed by atoms with Crippen LogP contribution in [0, 0.1) is 0 Å². The van der Waals surface area contributed by atoms with Gasteiger partial charge in [0.15, 0.2) is 5.82 Å². The lowest BCUT2D eigenvalue weighted by Gasteiger charge is -2.11. The summed E-state index contributed by atoms with van der Waals surface area (Å²) in [5, 5.41) is 4.70. The van der Waals surface area contributed by atoms with E-state index < -0.39 is 0 Å². The Bertz CT molecular complexity index is 2420. The van der Waals surface area contributed by atoms with Gasteiger partial charge in [0.2, 0.25) is 0 Å². The lowest BCUT2D eigenvalue weighted by Crippen LogP contribution is -1.97. The van der Waals surface area contributed by atoms with Crippen LogP contribution in [-0.4, -0.2) is 14.5 Å². The summed E-state index contributed by atoms with van der Waals surface area (Å²) in [6.07, 6.45) is 0. The van der Waals surface area contributed by atoms with E-state index in [0.717, 1.165) is 66.7 Å². The van der Waals surface area contributed by atoms with Gasteiger partial charge in [-0.25, -0.2) is 9.97 Å². The molecule has 0 fully saturated rings. The van der Waals surface area contributed by atoms with Crippen LogP contribution in [0.4, 0.5) is 0 Å². The van der Waals surface area contributed by atoms with Crippen LogP contribution in [0.15, 0.2) is 156 Å². The third-order valence-electron chi connectivity index (χ3n) is 8.43. The molecule has 0 saturated heterocycles. The molecule has 0 saturated carbocycles. The predicted octanol–water partition coefficient (Wildman–Crippen LogP) is 10.5. The lowest BCUT2D eigenvalue weighted by molar-refractivity contribution is 0.669. The molecule has 3 aromatic heterocycles. The van der Waals surface area contributed by atoms with Crippen molar-refractivity contribution >= 4 is 43.7 Å². The maximum atomic E-state index is 6.25. The van der Waals surface area contributed by atoms with Gasteiger partial charge in [-0.1, -0.05) is 97.1 Å². The van der Waals surface area contributed by atoms with E-state index in [4.69, 9.17) is 14.4 Å². The molecule has 0 aliphatic carbocycles. The summed E-state index contributed by atoms with van der Waals surface area (Å²) in [6, 6.07) is 52.4. The molecule has 0 aliphatic heterocycles. The fraction of sp³-hybridized carbons (Fsp3) is 0. The van der Waals surface area contributed by atoms with Crippen molar-refractivity contribution in [2.45, 2.75) is 0 Å². The number of nitrogens with zero attached hydrogens (tertiary/aromatic N) is 3. The number of furan rings is 1. The molecular weight excluding hydrogens is 538 g/mol. The normalized spacial score (nSPS) is 11.6. The summed E-state index contributed by atoms with van der Waals surface area (Å²) in [7, 11) is 0. The fourth-order valence-electron chi connectivity index (χ4n) is 6.40. The molecule has 206 valence electrons. The van der Waals surface area contributed by atoms with Crippen molar-refractivity contribution in [2.75, 3.05) is 0 Å². The largest absolute Gasteiger partial charge is 0.456 e. The summed E-state index contributed by atoms with van der Waals surface area (Å²) in [5.74, 6) is 0.700. The second-order valence-corrected chi connectivity index (χ2v) is 11.0. The first-order chi connectivity index (χ1) is 21.8. The van der Waals surface area contributed by atoms with Gasteiger partial charge in [0.1, 0.15) is 11.2 Å². The van der Waals surface area contributed by atoms with E-state index in [1.807, 2.05) is 48.5 Å². The van der Waals surface area contributed by atoms with Gasteiger partial charge in [-0.05, 0) is 54.6 Å². The Morgan fingerprint density at radius 2 is 1.05 bits per heavy atom. The Labute approximate surface area is 253 Å². The summed E-state index contributed by atoms with van der Waals surface area (Å²) in [4.78, 5) is 10.0. The molecule has 0 spiro atoms. The average molecular weight is 564 g/mol. The summed E-state index contributed by atoms with van der Waals surface area (Å²) < 4.78 is 8.59. The van der Waals surface area contributed by atoms with E-state index in [-0.39, 0.29) is 0 Å². The highest BCUT2D eigenvalue weighted by molar-refractivity contribution is 6.27. The fourth-order valence-corrected chi connectivity index (χ4v) is 6.40. The van der Waals surface area contributed by atoms with Crippen LogP contribution < -0.4 is 0 Å². The number of aromatic nitrogens is 3. The van der Waals surface area contributed by atoms with E-state index in [1.54, 1.807) is 0 Å². The third-order valence-corrected chi connectivity index (χ3v) is 8.43. The quantitative estimate of drug-likeness (QED) is 0.214. The molecule has 0 N–H and O–H groups in total. The lowest BCUT2D eigenvalue weighted by atomic mass is 10.1. The number of hydrogen-bond donors (Lipinski definition) is 0. The molecular formula is C40H25N3O. The first-order valence-electron chi connectivity index (χ1n) is 14.8. The van der Waals surface area contributed by atoms with Crippen LogP contribution in [0.3, 0.4) is 0 Å². The van der Waals surface area contributed by atoms with E-state index in [2.05, 4.69) is 108 Å². The minimum atomic E-state index is 0.700. The minimum absolute atomic E-state index is 0.700. The highest BCUT2D eigenvalue weighted by atomic mass is 16.3. The zero-order valence-electron chi connectivity index (χ0n) is 23.7. The Balaban J connectivity index is 1.22. The van der Waals surface area contributed by atoms with E-state index in [1.165, 1.54) is 10.8 Å². The van der Waals surface area contributed by atoms with Gasteiger partial charge in [-0.3, -0.25) is 0 Å². The second-order valence-electron chi connectivity index (χ2n) is 11.0. The van der Waals surface area contributed by atoms with Crippen LogP contribution in [-0.2, 0) is 0 Å². The SMILES string of the molecule is c1ccc(-c2cc(-c3ccccc3)nc(-c3ccc(-n4c5ccccc5c5c6c(ccc54)oc4ccccc46)cc3)n2)cc1. The number of fused-ring (bicyclic) bond motifs is 7. The van der Waals surface area contributed by atoms with Crippen LogP contribution in [0.25, 0.3) is 83.3 Å². The molecule has 6 aromatic carbocycles. The van der Waals surface area contributed by atoms with Crippen LogP contribution in [0.1, 0.15) is 0 Å². The van der Waals surface area contributed by atoms with Crippen LogP contribution in [0.5, 0.6) is 0 Å². The first kappa shape index (κ1) is 24.6. The summed E-state index contributed by atoms with van der Waals surface area (Å²) in [6.45, 7) is 0. The Morgan fingerprint density at radius 1 is 0.432 bits per heavy atom. The van der Waals surface area contributed by atoms with Crippen molar-refractivity contribution in [2.24, 2.45) is 0 Å². The van der Waals surface area contributed by atoms with Crippen molar-refractivity contribution in [1.82, 2.24) is 14.5 Å². The zero-order chi connectivity index (χ0) is 29.0. The monoisotopic (exact) mass is 563 g/mol. The molecule has 4 heteroatoms. The Kier molecular flexibility index (Phi) is 5.47. The van der Waals surface area contributed by atoms with Gasteiger partial charge in [0.25, 0.3) is 0 Å². The van der Waals surface area contributed by atoms with Gasteiger partial charge in [0, 0.05) is 43.9 Å². The molecule has 3 heterocycles. The van der Waals surface area contributed by atoms with Crippen molar-refractivity contribution in [1.29, 1.82) is 0 Å². The van der Waals surface area contributed by atoms with Crippen LogP contribution >= 0.6 is 0 Å². The third kappa shape index (κ3) is 3.85. The molecule has 9 rings (SSSR count). The average Bonchev–Trinajstić information content (AvgIpc) is 3.64. The molecule has 9 aromatic rings. The molecule has 0 aliphatic rings. The van der Waals surface area contributed by atoms with Gasteiger partial charge in [-0.15, -0.1) is 0 Å². The van der Waals surface area contributed by atoms with Crippen molar-refractivity contribution in [3.05, 3.63) is 152 Å².